The second-order valence-corrected chi connectivity index (χ2v) is 4.12. The first-order chi connectivity index (χ1) is 7.99. The SMILES string of the molecule is Nc1c(C(=O)CCl)c(=O)n([CH2][Al])c(=O)n1[CH2][Al]. The second-order valence-electron chi connectivity index (χ2n) is 3.13. The number of rotatable bonds is 4. The number of nitrogen functional groups attached to an aromatic ring is 1. The molecule has 2 N–H and O–H groups in total. The molecule has 86 valence electrons. The molecule has 4 radical (unpaired) electrons. The molecule has 0 aliphatic heterocycles. The molecular formula is C8H8Al2ClN3O3. The summed E-state index contributed by atoms with van der Waals surface area (Å²) in [6, 6.07) is 0. The smallest absolute Gasteiger partial charge is 0.329 e. The average Bonchev–Trinajstić information content (AvgIpc) is 2.29. The Bertz CT molecular complexity index is 566. The number of halogens is 1. The van der Waals surface area contributed by atoms with Crippen molar-refractivity contribution in [3.05, 3.63) is 26.4 Å². The standard InChI is InChI=1S/C8H8ClN3O3.2Al/c1-11-6(10)5(4(13)3-9)7(14)12(2)8(11)15;;/h1-3,10H2;;. The summed E-state index contributed by atoms with van der Waals surface area (Å²) < 4.78 is 2.06. The molecule has 0 saturated heterocycles. The number of Topliss-reactive ketones (excluding diaryl/α,β-unsaturated/α-hetero) is 1. The van der Waals surface area contributed by atoms with Gasteiger partial charge < -0.3 is 5.73 Å². The predicted molar refractivity (Wildman–Crippen MR) is 65.9 cm³/mol. The summed E-state index contributed by atoms with van der Waals surface area (Å²) in [6.07, 6.45) is 0. The van der Waals surface area contributed by atoms with Crippen molar-refractivity contribution in [2.75, 3.05) is 11.6 Å². The van der Waals surface area contributed by atoms with E-state index < -0.39 is 17.0 Å². The lowest BCUT2D eigenvalue weighted by molar-refractivity contribution is 0.101. The predicted octanol–water partition coefficient (Wildman–Crippen LogP) is -1.73. The molecule has 1 heterocycles. The second kappa shape index (κ2) is 5.90. The van der Waals surface area contributed by atoms with Crippen LogP contribution in [0.2, 0.25) is 0 Å². The van der Waals surface area contributed by atoms with Crippen molar-refractivity contribution < 1.29 is 4.79 Å². The summed E-state index contributed by atoms with van der Waals surface area (Å²) in [7, 11) is 0. The zero-order valence-corrected chi connectivity index (χ0v) is 11.9. The van der Waals surface area contributed by atoms with Crippen molar-refractivity contribution in [3.8, 4) is 0 Å². The van der Waals surface area contributed by atoms with E-state index in [1.54, 1.807) is 0 Å². The Labute approximate surface area is 118 Å². The first-order valence-electron chi connectivity index (χ1n) is 4.62. The number of carbonyl (C=O) groups excluding carboxylic acids is 1. The fraction of sp³-hybridized carbons (Fsp3) is 0.375. The maximum absolute atomic E-state index is 11.9. The van der Waals surface area contributed by atoms with Gasteiger partial charge in [-0.05, 0) is 10.8 Å². The third kappa shape index (κ3) is 2.52. The van der Waals surface area contributed by atoms with E-state index in [0.29, 0.717) is 0 Å². The van der Waals surface area contributed by atoms with Crippen LogP contribution in [0.4, 0.5) is 5.82 Å². The van der Waals surface area contributed by atoms with Crippen LogP contribution >= 0.6 is 11.6 Å². The monoisotopic (exact) mass is 283 g/mol. The highest BCUT2D eigenvalue weighted by molar-refractivity contribution is 6.31. The van der Waals surface area contributed by atoms with Gasteiger partial charge in [-0.25, -0.2) is 4.79 Å². The van der Waals surface area contributed by atoms with E-state index >= 15 is 0 Å². The van der Waals surface area contributed by atoms with Crippen LogP contribution in [0.3, 0.4) is 0 Å². The Hall–Kier alpha value is -0.495. The van der Waals surface area contributed by atoms with Gasteiger partial charge in [-0.15, -0.1) is 11.6 Å². The normalized spacial score (nSPS) is 10.4. The van der Waals surface area contributed by atoms with E-state index in [1.807, 2.05) is 0 Å². The van der Waals surface area contributed by atoms with Crippen molar-refractivity contribution in [2.24, 2.45) is 0 Å². The lowest BCUT2D eigenvalue weighted by Gasteiger charge is -2.14. The van der Waals surface area contributed by atoms with E-state index in [0.717, 1.165) is 9.13 Å². The number of aromatic nitrogens is 2. The number of ketones is 1. The summed E-state index contributed by atoms with van der Waals surface area (Å²) in [4.78, 5) is 35.2. The molecule has 0 spiro atoms. The summed E-state index contributed by atoms with van der Waals surface area (Å²) in [5.74, 6) is -1.09. The fourth-order valence-corrected chi connectivity index (χ4v) is 2.19. The minimum Gasteiger partial charge on any atom is -0.384 e. The van der Waals surface area contributed by atoms with Gasteiger partial charge in [0.1, 0.15) is 11.4 Å². The van der Waals surface area contributed by atoms with E-state index in [1.165, 1.54) is 0 Å². The lowest BCUT2D eigenvalue weighted by Crippen LogP contribution is -2.44. The van der Waals surface area contributed by atoms with E-state index in [-0.39, 0.29) is 28.1 Å². The molecule has 1 aromatic heterocycles. The van der Waals surface area contributed by atoms with Crippen LogP contribution in [0.15, 0.2) is 9.59 Å². The van der Waals surface area contributed by atoms with Crippen LogP contribution in [-0.4, -0.2) is 53.4 Å². The highest BCUT2D eigenvalue weighted by Crippen LogP contribution is 2.05. The molecular weight excluding hydrogens is 276 g/mol. The molecule has 1 rings (SSSR count). The quantitative estimate of drug-likeness (QED) is 0.404. The molecule has 0 atom stereocenters. The zero-order valence-electron chi connectivity index (χ0n) is 8.85. The highest BCUT2D eigenvalue weighted by Gasteiger charge is 2.20. The van der Waals surface area contributed by atoms with Crippen LogP contribution in [0.5, 0.6) is 0 Å². The molecule has 0 aliphatic carbocycles. The Balaban J connectivity index is 3.79. The highest BCUT2D eigenvalue weighted by atomic mass is 35.5. The summed E-state index contributed by atoms with van der Waals surface area (Å²) >= 11 is 9.97. The van der Waals surface area contributed by atoms with E-state index in [4.69, 9.17) is 17.3 Å². The minimum absolute atomic E-state index is 0.0885. The first kappa shape index (κ1) is 14.6. The van der Waals surface area contributed by atoms with Crippen LogP contribution in [0.25, 0.3) is 0 Å². The van der Waals surface area contributed by atoms with Gasteiger partial charge in [-0.3, -0.25) is 18.7 Å². The fourth-order valence-electron chi connectivity index (χ4n) is 1.38. The molecule has 0 aliphatic rings. The molecule has 6 nitrogen and oxygen atoms in total. The van der Waals surface area contributed by atoms with Gasteiger partial charge in [-0.1, -0.05) is 0 Å². The van der Waals surface area contributed by atoms with Crippen molar-refractivity contribution in [1.82, 2.24) is 9.13 Å². The van der Waals surface area contributed by atoms with Gasteiger partial charge in [0.2, 0.25) is 0 Å². The molecule has 0 amide bonds. The first-order valence-corrected chi connectivity index (χ1v) is 6.78. The van der Waals surface area contributed by atoms with Gasteiger partial charge in [0.05, 0.1) is 5.88 Å². The summed E-state index contributed by atoms with van der Waals surface area (Å²) in [6.45, 7) is 0. The number of alkyl halides is 1. The lowest BCUT2D eigenvalue weighted by atomic mass is 10.2. The summed E-state index contributed by atoms with van der Waals surface area (Å²) in [5.41, 5.74) is 4.16. The van der Waals surface area contributed by atoms with Crippen molar-refractivity contribution >= 4 is 55.8 Å². The number of nitrogens with zero attached hydrogens (tertiary/aromatic N) is 2. The number of nitrogens with two attached hydrogens (primary N) is 1. The molecule has 0 unspecified atom stereocenters. The number of carbonyl (C=O) groups is 1. The van der Waals surface area contributed by atoms with Crippen LogP contribution < -0.4 is 17.0 Å². The van der Waals surface area contributed by atoms with Crippen LogP contribution in [-0.2, 0) is 10.8 Å². The Morgan fingerprint density at radius 1 is 1.24 bits per heavy atom. The third-order valence-electron chi connectivity index (χ3n) is 2.23. The Morgan fingerprint density at radius 2 is 1.76 bits per heavy atom. The summed E-state index contributed by atoms with van der Waals surface area (Å²) in [5, 5.41) is 0.281. The van der Waals surface area contributed by atoms with Crippen molar-refractivity contribution in [1.29, 1.82) is 0 Å². The van der Waals surface area contributed by atoms with Gasteiger partial charge in [-0.2, -0.15) is 0 Å². The molecule has 0 saturated carbocycles. The third-order valence-corrected chi connectivity index (χ3v) is 3.21. The van der Waals surface area contributed by atoms with Gasteiger partial charge in [0.15, 0.2) is 38.4 Å². The molecule has 17 heavy (non-hydrogen) atoms. The number of hydrogen-bond donors (Lipinski definition) is 1. The van der Waals surface area contributed by atoms with Crippen molar-refractivity contribution in [2.45, 2.75) is 10.8 Å². The molecule has 1 aromatic rings. The minimum atomic E-state index is -0.706. The number of hydrogen-bond acceptors (Lipinski definition) is 4. The Kier molecular flexibility index (Phi) is 5.06. The molecule has 0 fully saturated rings. The van der Waals surface area contributed by atoms with E-state index in [9.17, 15) is 14.4 Å². The van der Waals surface area contributed by atoms with Crippen LogP contribution in [0.1, 0.15) is 10.4 Å². The molecule has 9 heteroatoms. The zero-order chi connectivity index (χ0) is 13.2. The van der Waals surface area contributed by atoms with Gasteiger partial charge in [0, 0.05) is 0 Å². The van der Waals surface area contributed by atoms with Gasteiger partial charge >= 0.3 is 5.69 Å². The van der Waals surface area contributed by atoms with Gasteiger partial charge in [0.25, 0.3) is 5.56 Å². The van der Waals surface area contributed by atoms with Crippen molar-refractivity contribution in [3.63, 3.8) is 0 Å². The maximum atomic E-state index is 11.9. The topological polar surface area (TPSA) is 87.1 Å². The maximum Gasteiger partial charge on any atom is 0.329 e. The number of anilines is 1. The molecule has 0 bridgehead atoms. The largest absolute Gasteiger partial charge is 0.384 e. The average molecular weight is 284 g/mol. The van der Waals surface area contributed by atoms with Crippen LogP contribution in [0, 0.1) is 0 Å². The Morgan fingerprint density at radius 3 is 2.18 bits per heavy atom. The van der Waals surface area contributed by atoms with E-state index in [2.05, 4.69) is 32.6 Å². The molecule has 0 aromatic carbocycles.